The molecule has 1 amide bonds. The maximum absolute atomic E-state index is 12.7. The molecule has 2 aromatic heterocycles. The van der Waals surface area contributed by atoms with Crippen LogP contribution in [0.25, 0.3) is 5.65 Å². The van der Waals surface area contributed by atoms with Gasteiger partial charge in [-0.3, -0.25) is 9.20 Å². The molecular formula is C16H19N3O. The average molecular weight is 269 g/mol. The lowest BCUT2D eigenvalue weighted by Gasteiger charge is -2.19. The van der Waals surface area contributed by atoms with Gasteiger partial charge in [0.1, 0.15) is 11.3 Å². The Morgan fingerprint density at radius 3 is 2.60 bits per heavy atom. The number of hydrogen-bond donors (Lipinski definition) is 0. The fourth-order valence-electron chi connectivity index (χ4n) is 2.22. The zero-order valence-electron chi connectivity index (χ0n) is 12.0. The minimum Gasteiger partial charge on any atom is -0.330 e. The van der Waals surface area contributed by atoms with E-state index >= 15 is 0 Å². The van der Waals surface area contributed by atoms with E-state index in [0.29, 0.717) is 18.8 Å². The molecule has 104 valence electrons. The molecule has 0 fully saturated rings. The highest BCUT2D eigenvalue weighted by Crippen LogP contribution is 2.15. The molecule has 0 atom stereocenters. The Bertz CT molecular complexity index is 660. The first-order valence-electron chi connectivity index (χ1n) is 6.55. The lowest BCUT2D eigenvalue weighted by atomic mass is 10.2. The molecule has 0 aliphatic rings. The summed E-state index contributed by atoms with van der Waals surface area (Å²) >= 11 is 0. The number of pyridine rings is 1. The second kappa shape index (κ2) is 5.74. The van der Waals surface area contributed by atoms with Crippen molar-refractivity contribution in [1.29, 1.82) is 0 Å². The molecule has 4 heteroatoms. The van der Waals surface area contributed by atoms with Crippen LogP contribution in [0.15, 0.2) is 43.6 Å². The summed E-state index contributed by atoms with van der Waals surface area (Å²) in [5, 5.41) is 0. The van der Waals surface area contributed by atoms with Gasteiger partial charge >= 0.3 is 0 Å². The van der Waals surface area contributed by atoms with Gasteiger partial charge in [-0.25, -0.2) is 4.98 Å². The lowest BCUT2D eigenvalue weighted by Crippen LogP contribution is -2.32. The second-order valence-electron chi connectivity index (χ2n) is 4.77. The number of imidazole rings is 1. The summed E-state index contributed by atoms with van der Waals surface area (Å²) in [5.41, 5.74) is 3.25. The van der Waals surface area contributed by atoms with Crippen molar-refractivity contribution in [3.05, 3.63) is 60.6 Å². The highest BCUT2D eigenvalue weighted by atomic mass is 16.2. The molecule has 2 rings (SSSR count). The summed E-state index contributed by atoms with van der Waals surface area (Å²) in [5.74, 6) is -0.0568. The molecule has 0 aliphatic carbocycles. The highest BCUT2D eigenvalue weighted by molar-refractivity contribution is 5.95. The third-order valence-electron chi connectivity index (χ3n) is 3.14. The first-order chi connectivity index (χ1) is 9.58. The molecule has 0 saturated carbocycles. The Morgan fingerprint density at radius 1 is 1.35 bits per heavy atom. The molecule has 0 aromatic carbocycles. The van der Waals surface area contributed by atoms with Crippen LogP contribution in [0.5, 0.6) is 0 Å². The van der Waals surface area contributed by atoms with Crippen LogP contribution in [-0.4, -0.2) is 33.3 Å². The molecule has 0 saturated heterocycles. The molecule has 0 spiro atoms. The molecule has 20 heavy (non-hydrogen) atoms. The smallest absolute Gasteiger partial charge is 0.273 e. The predicted molar refractivity (Wildman–Crippen MR) is 81.0 cm³/mol. The first-order valence-corrected chi connectivity index (χ1v) is 6.55. The van der Waals surface area contributed by atoms with Crippen molar-refractivity contribution < 1.29 is 4.79 Å². The lowest BCUT2D eigenvalue weighted by molar-refractivity contribution is 0.0783. The van der Waals surface area contributed by atoms with E-state index in [9.17, 15) is 4.79 Å². The van der Waals surface area contributed by atoms with E-state index in [-0.39, 0.29) is 5.91 Å². The van der Waals surface area contributed by atoms with Gasteiger partial charge < -0.3 is 4.90 Å². The molecular weight excluding hydrogens is 250 g/mol. The van der Waals surface area contributed by atoms with E-state index in [1.54, 1.807) is 17.1 Å². The molecule has 2 heterocycles. The monoisotopic (exact) mass is 269 g/mol. The number of hydrogen-bond acceptors (Lipinski definition) is 2. The standard InChI is InChI=1S/C16H19N3O/c1-5-8-18(9-6-2)16(20)15-13(4)17-14-11-12(3)7-10-19(14)15/h5-7,10-11H,1-2,8-9H2,3-4H3. The van der Waals surface area contributed by atoms with Crippen molar-refractivity contribution in [2.45, 2.75) is 13.8 Å². The minimum atomic E-state index is -0.0568. The van der Waals surface area contributed by atoms with Crippen LogP contribution in [-0.2, 0) is 0 Å². The van der Waals surface area contributed by atoms with Gasteiger partial charge in [-0.15, -0.1) is 13.2 Å². The number of carbonyl (C=O) groups excluding carboxylic acids is 1. The van der Waals surface area contributed by atoms with Gasteiger partial charge in [-0.1, -0.05) is 12.2 Å². The van der Waals surface area contributed by atoms with E-state index in [1.807, 2.05) is 36.6 Å². The molecule has 0 bridgehead atoms. The van der Waals surface area contributed by atoms with Crippen LogP contribution in [0.2, 0.25) is 0 Å². The highest BCUT2D eigenvalue weighted by Gasteiger charge is 2.21. The van der Waals surface area contributed by atoms with Crippen LogP contribution in [0.4, 0.5) is 0 Å². The van der Waals surface area contributed by atoms with Crippen molar-refractivity contribution in [3.63, 3.8) is 0 Å². The number of amides is 1. The van der Waals surface area contributed by atoms with Crippen LogP contribution >= 0.6 is 0 Å². The Kier molecular flexibility index (Phi) is 4.03. The number of nitrogens with zero attached hydrogens (tertiary/aromatic N) is 3. The Balaban J connectivity index is 2.50. The summed E-state index contributed by atoms with van der Waals surface area (Å²) in [4.78, 5) is 18.8. The van der Waals surface area contributed by atoms with Gasteiger partial charge in [0.25, 0.3) is 5.91 Å². The van der Waals surface area contributed by atoms with Gasteiger partial charge in [0.2, 0.25) is 0 Å². The first kappa shape index (κ1) is 14.1. The van der Waals surface area contributed by atoms with Crippen molar-refractivity contribution in [1.82, 2.24) is 14.3 Å². The van der Waals surface area contributed by atoms with Crippen LogP contribution < -0.4 is 0 Å². The van der Waals surface area contributed by atoms with E-state index in [0.717, 1.165) is 16.9 Å². The normalized spacial score (nSPS) is 10.5. The van der Waals surface area contributed by atoms with Crippen molar-refractivity contribution in [3.8, 4) is 0 Å². The van der Waals surface area contributed by atoms with Gasteiger partial charge in [-0.05, 0) is 31.5 Å². The van der Waals surface area contributed by atoms with E-state index in [1.165, 1.54) is 0 Å². The molecule has 0 N–H and O–H groups in total. The van der Waals surface area contributed by atoms with Crippen molar-refractivity contribution in [2.75, 3.05) is 13.1 Å². The minimum absolute atomic E-state index is 0.0568. The summed E-state index contributed by atoms with van der Waals surface area (Å²) < 4.78 is 1.84. The third-order valence-corrected chi connectivity index (χ3v) is 3.14. The fourth-order valence-corrected chi connectivity index (χ4v) is 2.22. The maximum Gasteiger partial charge on any atom is 0.273 e. The number of aromatic nitrogens is 2. The summed E-state index contributed by atoms with van der Waals surface area (Å²) in [6.45, 7) is 12.2. The zero-order valence-corrected chi connectivity index (χ0v) is 12.0. The number of fused-ring (bicyclic) bond motifs is 1. The second-order valence-corrected chi connectivity index (χ2v) is 4.77. The summed E-state index contributed by atoms with van der Waals surface area (Å²) in [7, 11) is 0. The molecule has 0 unspecified atom stereocenters. The summed E-state index contributed by atoms with van der Waals surface area (Å²) in [6, 6.07) is 3.94. The van der Waals surface area contributed by atoms with Crippen LogP contribution in [0.1, 0.15) is 21.7 Å². The van der Waals surface area contributed by atoms with Gasteiger partial charge in [-0.2, -0.15) is 0 Å². The topological polar surface area (TPSA) is 37.6 Å². The Morgan fingerprint density at radius 2 is 2.00 bits per heavy atom. The largest absolute Gasteiger partial charge is 0.330 e. The number of carbonyl (C=O) groups is 1. The molecule has 4 nitrogen and oxygen atoms in total. The fraction of sp³-hybridized carbons (Fsp3) is 0.250. The van der Waals surface area contributed by atoms with Crippen molar-refractivity contribution >= 4 is 11.6 Å². The SMILES string of the molecule is C=CCN(CC=C)C(=O)c1c(C)nc2cc(C)ccn12. The van der Waals surface area contributed by atoms with E-state index in [2.05, 4.69) is 18.1 Å². The number of aryl methyl sites for hydroxylation is 2. The maximum atomic E-state index is 12.7. The van der Waals surface area contributed by atoms with Gasteiger partial charge in [0.15, 0.2) is 0 Å². The van der Waals surface area contributed by atoms with Gasteiger partial charge in [0, 0.05) is 19.3 Å². The van der Waals surface area contributed by atoms with Gasteiger partial charge in [0.05, 0.1) is 5.69 Å². The van der Waals surface area contributed by atoms with Crippen LogP contribution in [0, 0.1) is 13.8 Å². The zero-order chi connectivity index (χ0) is 14.7. The average Bonchev–Trinajstić information content (AvgIpc) is 2.72. The van der Waals surface area contributed by atoms with E-state index in [4.69, 9.17) is 0 Å². The third kappa shape index (κ3) is 2.50. The van der Waals surface area contributed by atoms with E-state index < -0.39 is 0 Å². The van der Waals surface area contributed by atoms with Crippen LogP contribution in [0.3, 0.4) is 0 Å². The number of rotatable bonds is 5. The van der Waals surface area contributed by atoms with Crippen molar-refractivity contribution in [2.24, 2.45) is 0 Å². The quantitative estimate of drug-likeness (QED) is 0.783. The summed E-state index contributed by atoms with van der Waals surface area (Å²) in [6.07, 6.45) is 5.31. The predicted octanol–water partition coefficient (Wildman–Crippen LogP) is 2.77. The molecule has 0 radical (unpaired) electrons. The molecule has 2 aromatic rings. The molecule has 0 aliphatic heterocycles. The Hall–Kier alpha value is -2.36. The Labute approximate surface area is 119 Å².